The number of halogens is 3. The van der Waals surface area contributed by atoms with Gasteiger partial charge in [0.25, 0.3) is 0 Å². The monoisotopic (exact) mass is 440 g/mol. The molecule has 0 aliphatic rings. The van der Waals surface area contributed by atoms with Gasteiger partial charge in [-0.3, -0.25) is 10.2 Å². The van der Waals surface area contributed by atoms with Gasteiger partial charge in [0.2, 0.25) is 0 Å². The molecule has 32 heavy (non-hydrogen) atoms. The van der Waals surface area contributed by atoms with E-state index in [0.29, 0.717) is 28.2 Å². The van der Waals surface area contributed by atoms with Crippen molar-refractivity contribution >= 4 is 17.3 Å². The number of carbonyl (C=O) groups excluding carboxylic acids is 1. The predicted molar refractivity (Wildman–Crippen MR) is 117 cm³/mol. The largest absolute Gasteiger partial charge is 0.416 e. The summed E-state index contributed by atoms with van der Waals surface area (Å²) in [5.41, 5.74) is 1.92. The summed E-state index contributed by atoms with van der Waals surface area (Å²) in [4.78, 5) is 20.9. The van der Waals surface area contributed by atoms with E-state index in [4.69, 9.17) is 5.41 Å². The number of rotatable bonds is 7. The minimum Gasteiger partial charge on any atom is -0.367 e. The zero-order chi connectivity index (χ0) is 23.5. The fraction of sp³-hybridized carbons (Fsp3) is 0.250. The van der Waals surface area contributed by atoms with Gasteiger partial charge in [-0.2, -0.15) is 13.2 Å². The van der Waals surface area contributed by atoms with Crippen LogP contribution in [0, 0.1) is 12.3 Å². The first-order chi connectivity index (χ1) is 15.1. The molecule has 166 valence electrons. The number of benzene rings is 2. The molecule has 0 fully saturated rings. The summed E-state index contributed by atoms with van der Waals surface area (Å²) in [6.45, 7) is 5.75. The molecule has 0 spiro atoms. The van der Waals surface area contributed by atoms with Gasteiger partial charge in [0.15, 0.2) is 5.78 Å². The van der Waals surface area contributed by atoms with Gasteiger partial charge in [-0.05, 0) is 38.5 Å². The maximum atomic E-state index is 12.9. The Morgan fingerprint density at radius 2 is 1.75 bits per heavy atom. The Hall–Kier alpha value is -3.55. The first-order valence-corrected chi connectivity index (χ1v) is 10.0. The lowest BCUT2D eigenvalue weighted by molar-refractivity contribution is -0.137. The molecule has 1 heterocycles. The number of hydrogen-bond acceptors (Lipinski definition) is 5. The zero-order valence-electron chi connectivity index (χ0n) is 17.9. The quantitative estimate of drug-likeness (QED) is 0.377. The van der Waals surface area contributed by atoms with Gasteiger partial charge in [-0.1, -0.05) is 36.4 Å². The van der Waals surface area contributed by atoms with Crippen LogP contribution in [0.3, 0.4) is 0 Å². The van der Waals surface area contributed by atoms with Gasteiger partial charge >= 0.3 is 6.18 Å². The molecule has 3 rings (SSSR count). The van der Waals surface area contributed by atoms with Crippen LogP contribution in [0.1, 0.15) is 52.2 Å². The number of nitrogens with one attached hydrogen (secondary N) is 2. The molecule has 0 bridgehead atoms. The molecule has 1 aromatic heterocycles. The number of anilines is 1. The maximum absolute atomic E-state index is 12.9. The first-order valence-electron chi connectivity index (χ1n) is 10.0. The third-order valence-electron chi connectivity index (χ3n) is 4.83. The second kappa shape index (κ2) is 9.30. The average molecular weight is 440 g/mol. The molecule has 2 aromatic carbocycles. The van der Waals surface area contributed by atoms with Gasteiger partial charge in [-0.15, -0.1) is 0 Å². The SMILES string of the molecule is Cc1ncnc(NC(C)C)c1C(=N)c1ccc(CC(=O)c2cccc(C(F)(F)F)c2)cc1. The van der Waals surface area contributed by atoms with E-state index in [0.717, 1.165) is 12.1 Å². The summed E-state index contributed by atoms with van der Waals surface area (Å²) in [5, 5.41) is 11.9. The molecule has 3 aromatic rings. The summed E-state index contributed by atoms with van der Waals surface area (Å²) in [5.74, 6) is 0.163. The second-order valence-corrected chi connectivity index (χ2v) is 7.73. The highest BCUT2D eigenvalue weighted by molar-refractivity contribution is 6.14. The van der Waals surface area contributed by atoms with E-state index in [1.165, 1.54) is 18.5 Å². The van der Waals surface area contributed by atoms with E-state index < -0.39 is 17.5 Å². The molecule has 0 unspecified atom stereocenters. The Bertz CT molecular complexity index is 1140. The Morgan fingerprint density at radius 1 is 1.06 bits per heavy atom. The van der Waals surface area contributed by atoms with Gasteiger partial charge in [0.1, 0.15) is 12.1 Å². The molecule has 0 aliphatic carbocycles. The summed E-state index contributed by atoms with van der Waals surface area (Å²) < 4.78 is 38.7. The Labute approximate surface area is 184 Å². The molecule has 0 aliphatic heterocycles. The highest BCUT2D eigenvalue weighted by Gasteiger charge is 2.30. The van der Waals surface area contributed by atoms with Gasteiger partial charge < -0.3 is 5.32 Å². The van der Waals surface area contributed by atoms with Crippen LogP contribution in [0.15, 0.2) is 54.9 Å². The number of hydrogen-bond donors (Lipinski definition) is 2. The minimum absolute atomic E-state index is 0.0121. The molecular weight excluding hydrogens is 417 g/mol. The van der Waals surface area contributed by atoms with E-state index in [9.17, 15) is 18.0 Å². The molecule has 5 nitrogen and oxygen atoms in total. The van der Waals surface area contributed by atoms with E-state index in [-0.39, 0.29) is 23.7 Å². The molecule has 0 saturated carbocycles. The first kappa shape index (κ1) is 23.1. The Morgan fingerprint density at radius 3 is 2.38 bits per heavy atom. The van der Waals surface area contributed by atoms with Crippen LogP contribution < -0.4 is 5.32 Å². The molecule has 8 heteroatoms. The third-order valence-corrected chi connectivity index (χ3v) is 4.83. The van der Waals surface area contributed by atoms with Gasteiger partial charge in [0.05, 0.1) is 22.5 Å². The maximum Gasteiger partial charge on any atom is 0.416 e. The lowest BCUT2D eigenvalue weighted by Gasteiger charge is -2.16. The van der Waals surface area contributed by atoms with Crippen LogP contribution in [0.4, 0.5) is 19.0 Å². The van der Waals surface area contributed by atoms with Crippen molar-refractivity contribution in [2.24, 2.45) is 0 Å². The number of ketones is 1. The average Bonchev–Trinajstić information content (AvgIpc) is 2.73. The van der Waals surface area contributed by atoms with E-state index in [1.807, 2.05) is 13.8 Å². The summed E-state index contributed by atoms with van der Waals surface area (Å²) >= 11 is 0. The second-order valence-electron chi connectivity index (χ2n) is 7.73. The zero-order valence-corrected chi connectivity index (χ0v) is 17.9. The van der Waals surface area contributed by atoms with Crippen LogP contribution in [-0.2, 0) is 12.6 Å². The van der Waals surface area contributed by atoms with Crippen molar-refractivity contribution in [2.45, 2.75) is 39.4 Å². The Balaban J connectivity index is 1.79. The van der Waals surface area contributed by atoms with Crippen LogP contribution in [0.5, 0.6) is 0 Å². The molecule has 0 saturated heterocycles. The van der Waals surface area contributed by atoms with Crippen LogP contribution in [0.2, 0.25) is 0 Å². The van der Waals surface area contributed by atoms with Gasteiger partial charge in [0, 0.05) is 23.6 Å². The summed E-state index contributed by atoms with van der Waals surface area (Å²) in [7, 11) is 0. The number of Topliss-reactive ketones (excluding diaryl/α,β-unsaturated/α-hetero) is 1. The lowest BCUT2D eigenvalue weighted by atomic mass is 9.97. The molecule has 2 N–H and O–H groups in total. The van der Waals surface area contributed by atoms with E-state index >= 15 is 0 Å². The molecular formula is C24H23F3N4O. The molecule has 0 radical (unpaired) electrons. The van der Waals surface area contributed by atoms with Crippen molar-refractivity contribution < 1.29 is 18.0 Å². The highest BCUT2D eigenvalue weighted by atomic mass is 19.4. The summed E-state index contributed by atoms with van der Waals surface area (Å²) in [6, 6.07) is 11.4. The standard InChI is InChI=1S/C24H23F3N4O/c1-14(2)31-23-21(15(3)29-13-30-23)22(28)17-9-7-16(8-10-17)11-20(32)18-5-4-6-19(12-18)24(25,26)27/h4-10,12-14,28H,11H2,1-3H3,(H,29,30,31). The lowest BCUT2D eigenvalue weighted by Crippen LogP contribution is -2.17. The number of nitrogens with zero attached hydrogens (tertiary/aromatic N) is 2. The van der Waals surface area contributed by atoms with Crippen LogP contribution in [-0.4, -0.2) is 27.5 Å². The van der Waals surface area contributed by atoms with Crippen LogP contribution in [0.25, 0.3) is 0 Å². The number of aryl methyl sites for hydroxylation is 1. The predicted octanol–water partition coefficient (Wildman–Crippen LogP) is 5.47. The fourth-order valence-corrected chi connectivity index (χ4v) is 3.25. The van der Waals surface area contributed by atoms with Crippen molar-refractivity contribution in [3.05, 3.63) is 88.4 Å². The molecule has 0 atom stereocenters. The Kier molecular flexibility index (Phi) is 6.72. The van der Waals surface area contributed by atoms with Crippen molar-refractivity contribution in [3.8, 4) is 0 Å². The van der Waals surface area contributed by atoms with Crippen LogP contribution >= 0.6 is 0 Å². The minimum atomic E-state index is -4.50. The van der Waals surface area contributed by atoms with Crippen molar-refractivity contribution in [1.29, 1.82) is 5.41 Å². The van der Waals surface area contributed by atoms with E-state index in [2.05, 4.69) is 15.3 Å². The van der Waals surface area contributed by atoms with Crippen molar-refractivity contribution in [2.75, 3.05) is 5.32 Å². The van der Waals surface area contributed by atoms with Crippen molar-refractivity contribution in [3.63, 3.8) is 0 Å². The third kappa shape index (κ3) is 5.38. The smallest absolute Gasteiger partial charge is 0.367 e. The van der Waals surface area contributed by atoms with Gasteiger partial charge in [-0.25, -0.2) is 9.97 Å². The number of carbonyl (C=O) groups is 1. The summed E-state index contributed by atoms with van der Waals surface area (Å²) in [6.07, 6.45) is -3.09. The normalized spacial score (nSPS) is 11.5. The fourth-order valence-electron chi connectivity index (χ4n) is 3.25. The highest BCUT2D eigenvalue weighted by Crippen LogP contribution is 2.30. The number of alkyl halides is 3. The number of aromatic nitrogens is 2. The topological polar surface area (TPSA) is 78.7 Å². The van der Waals surface area contributed by atoms with E-state index in [1.54, 1.807) is 31.2 Å². The molecule has 0 amide bonds. The van der Waals surface area contributed by atoms with Crippen molar-refractivity contribution in [1.82, 2.24) is 9.97 Å².